The van der Waals surface area contributed by atoms with Crippen LogP contribution in [0.1, 0.15) is 23.6 Å². The minimum atomic E-state index is -0.0708. The maximum absolute atomic E-state index is 12.7. The molecule has 0 atom stereocenters. The second-order valence-electron chi connectivity index (χ2n) is 7.64. The Labute approximate surface area is 176 Å². The van der Waals surface area contributed by atoms with Crippen LogP contribution in [0.5, 0.6) is 0 Å². The molecule has 0 radical (unpaired) electrons. The Morgan fingerprint density at radius 2 is 1.87 bits per heavy atom. The molecule has 1 saturated heterocycles. The summed E-state index contributed by atoms with van der Waals surface area (Å²) in [4.78, 5) is 16.7. The fourth-order valence-corrected chi connectivity index (χ4v) is 3.63. The molecule has 0 bridgehead atoms. The van der Waals surface area contributed by atoms with Crippen LogP contribution in [0.3, 0.4) is 0 Å². The number of carbonyl (C=O) groups excluding carboxylic acids is 1. The predicted molar refractivity (Wildman–Crippen MR) is 117 cm³/mol. The van der Waals surface area contributed by atoms with Crippen LogP contribution in [0.25, 0.3) is 5.69 Å². The first kappa shape index (κ1) is 19.9. The van der Waals surface area contributed by atoms with Crippen LogP contribution >= 0.6 is 0 Å². The third-order valence-electron chi connectivity index (χ3n) is 5.50. The number of nitrogens with one attached hydrogen (secondary N) is 1. The van der Waals surface area contributed by atoms with E-state index < -0.39 is 0 Å². The van der Waals surface area contributed by atoms with Gasteiger partial charge in [-0.1, -0.05) is 36.3 Å². The average molecular weight is 406 g/mol. The molecule has 1 aliphatic rings. The van der Waals surface area contributed by atoms with Crippen molar-refractivity contribution in [3.63, 3.8) is 0 Å². The van der Waals surface area contributed by atoms with E-state index in [0.29, 0.717) is 32.1 Å². The molecule has 1 aromatic heterocycles. The lowest BCUT2D eigenvalue weighted by Crippen LogP contribution is -2.50. The number of benzene rings is 2. The van der Waals surface area contributed by atoms with Crippen LogP contribution in [0.4, 0.5) is 16.4 Å². The highest BCUT2D eigenvalue weighted by molar-refractivity contribution is 5.90. The largest absolute Gasteiger partial charge is 0.336 e. The molecule has 1 aliphatic heterocycles. The number of hydrogen-bond acceptors (Lipinski definition) is 5. The Balaban J connectivity index is 1.42. The monoisotopic (exact) mass is 405 g/mol. The van der Waals surface area contributed by atoms with Crippen LogP contribution in [0.2, 0.25) is 0 Å². The van der Waals surface area contributed by atoms with Gasteiger partial charge in [0.15, 0.2) is 0 Å². The standard InChI is InChI=1S/C22H27N7O/c1-4-18-6-5-7-19(15-18)29-21(24-25-26-29)27-10-12-28(13-11-27)22(30)23-20-14-16(2)8-9-17(20)3/h5-9,14-15H,4,10-13H2,1-3H3,(H,23,30). The Morgan fingerprint density at radius 3 is 2.63 bits per heavy atom. The van der Waals surface area contributed by atoms with E-state index in [2.05, 4.69) is 44.8 Å². The number of carbonyl (C=O) groups is 1. The molecule has 2 aromatic carbocycles. The minimum Gasteiger partial charge on any atom is -0.336 e. The molecule has 3 aromatic rings. The minimum absolute atomic E-state index is 0.0708. The van der Waals surface area contributed by atoms with E-state index in [9.17, 15) is 4.79 Å². The van der Waals surface area contributed by atoms with E-state index in [1.54, 1.807) is 4.68 Å². The van der Waals surface area contributed by atoms with Crippen molar-refractivity contribution in [3.8, 4) is 5.69 Å². The first-order valence-electron chi connectivity index (χ1n) is 10.3. The number of hydrogen-bond donors (Lipinski definition) is 1. The number of tetrazole rings is 1. The topological polar surface area (TPSA) is 79.2 Å². The van der Waals surface area contributed by atoms with E-state index in [-0.39, 0.29) is 6.03 Å². The van der Waals surface area contributed by atoms with Gasteiger partial charge in [0, 0.05) is 31.9 Å². The van der Waals surface area contributed by atoms with Gasteiger partial charge in [0.05, 0.1) is 5.69 Å². The van der Waals surface area contributed by atoms with Gasteiger partial charge in [-0.3, -0.25) is 0 Å². The molecule has 1 N–H and O–H groups in total. The summed E-state index contributed by atoms with van der Waals surface area (Å²) in [5, 5.41) is 15.4. The Kier molecular flexibility index (Phi) is 5.65. The number of aromatic nitrogens is 4. The van der Waals surface area contributed by atoms with Crippen LogP contribution in [-0.4, -0.2) is 57.3 Å². The molecule has 8 nitrogen and oxygen atoms in total. The summed E-state index contributed by atoms with van der Waals surface area (Å²) in [5.74, 6) is 0.706. The second kappa shape index (κ2) is 8.52. The summed E-state index contributed by atoms with van der Waals surface area (Å²) in [6, 6.07) is 14.2. The molecular formula is C22H27N7O. The molecule has 0 saturated carbocycles. The lowest BCUT2D eigenvalue weighted by Gasteiger charge is -2.34. The third-order valence-corrected chi connectivity index (χ3v) is 5.50. The van der Waals surface area contributed by atoms with E-state index in [1.165, 1.54) is 5.56 Å². The predicted octanol–water partition coefficient (Wildman–Crippen LogP) is 3.20. The fraction of sp³-hybridized carbons (Fsp3) is 0.364. The molecule has 4 rings (SSSR count). The highest BCUT2D eigenvalue weighted by atomic mass is 16.2. The van der Waals surface area contributed by atoms with Crippen LogP contribution in [0.15, 0.2) is 42.5 Å². The summed E-state index contributed by atoms with van der Waals surface area (Å²) in [6.07, 6.45) is 0.958. The molecule has 2 heterocycles. The smallest absolute Gasteiger partial charge is 0.321 e. The molecule has 0 spiro atoms. The zero-order chi connectivity index (χ0) is 21.1. The van der Waals surface area contributed by atoms with Crippen molar-refractivity contribution in [1.29, 1.82) is 0 Å². The van der Waals surface area contributed by atoms with Crippen molar-refractivity contribution in [3.05, 3.63) is 59.2 Å². The number of urea groups is 1. The summed E-state index contributed by atoms with van der Waals surface area (Å²) in [6.45, 7) is 8.72. The number of nitrogens with zero attached hydrogens (tertiary/aromatic N) is 6. The van der Waals surface area contributed by atoms with Gasteiger partial charge in [-0.15, -0.1) is 0 Å². The molecule has 156 valence electrons. The van der Waals surface area contributed by atoms with Crippen molar-refractivity contribution < 1.29 is 4.79 Å². The van der Waals surface area contributed by atoms with Gasteiger partial charge < -0.3 is 15.1 Å². The van der Waals surface area contributed by atoms with Crippen LogP contribution in [0, 0.1) is 13.8 Å². The maximum Gasteiger partial charge on any atom is 0.321 e. The first-order chi connectivity index (χ1) is 14.5. The van der Waals surface area contributed by atoms with Crippen molar-refractivity contribution in [1.82, 2.24) is 25.1 Å². The molecule has 2 amide bonds. The number of rotatable bonds is 4. The summed E-state index contributed by atoms with van der Waals surface area (Å²) in [7, 11) is 0. The highest BCUT2D eigenvalue weighted by Crippen LogP contribution is 2.20. The highest BCUT2D eigenvalue weighted by Gasteiger charge is 2.25. The summed E-state index contributed by atoms with van der Waals surface area (Å²) < 4.78 is 1.77. The van der Waals surface area contributed by atoms with Gasteiger partial charge in [0.25, 0.3) is 0 Å². The molecule has 8 heteroatoms. The quantitative estimate of drug-likeness (QED) is 0.721. The van der Waals surface area contributed by atoms with Gasteiger partial charge in [-0.2, -0.15) is 4.68 Å². The van der Waals surface area contributed by atoms with E-state index in [4.69, 9.17) is 0 Å². The van der Waals surface area contributed by atoms with Gasteiger partial charge in [0.1, 0.15) is 0 Å². The molecule has 0 aliphatic carbocycles. The van der Waals surface area contributed by atoms with Crippen LogP contribution < -0.4 is 10.2 Å². The zero-order valence-corrected chi connectivity index (χ0v) is 17.7. The van der Waals surface area contributed by atoms with Crippen molar-refractivity contribution in [2.75, 3.05) is 36.4 Å². The van der Waals surface area contributed by atoms with E-state index in [1.807, 2.05) is 49.1 Å². The third kappa shape index (κ3) is 4.12. The van der Waals surface area contributed by atoms with Crippen molar-refractivity contribution >= 4 is 17.7 Å². The van der Waals surface area contributed by atoms with Crippen molar-refractivity contribution in [2.24, 2.45) is 0 Å². The van der Waals surface area contributed by atoms with Crippen molar-refractivity contribution in [2.45, 2.75) is 27.2 Å². The lowest BCUT2D eigenvalue weighted by molar-refractivity contribution is 0.208. The van der Waals surface area contributed by atoms with E-state index >= 15 is 0 Å². The Morgan fingerprint density at radius 1 is 1.07 bits per heavy atom. The summed E-state index contributed by atoms with van der Waals surface area (Å²) >= 11 is 0. The fourth-order valence-electron chi connectivity index (χ4n) is 3.63. The SMILES string of the molecule is CCc1cccc(-n2nnnc2N2CCN(C(=O)Nc3cc(C)ccc3C)CC2)c1. The molecular weight excluding hydrogens is 378 g/mol. The Hall–Kier alpha value is -3.42. The van der Waals surface area contributed by atoms with Gasteiger partial charge >= 0.3 is 6.03 Å². The zero-order valence-electron chi connectivity index (χ0n) is 17.7. The Bertz CT molecular complexity index is 1040. The molecule has 0 unspecified atom stereocenters. The number of aryl methyl sites for hydroxylation is 3. The number of piperazine rings is 1. The normalized spacial score (nSPS) is 14.1. The number of amides is 2. The molecule has 30 heavy (non-hydrogen) atoms. The van der Waals surface area contributed by atoms with Gasteiger partial charge in [-0.25, -0.2) is 4.79 Å². The average Bonchev–Trinajstić information content (AvgIpc) is 3.26. The van der Waals surface area contributed by atoms with Gasteiger partial charge in [-0.05, 0) is 65.6 Å². The van der Waals surface area contributed by atoms with Crippen LogP contribution in [-0.2, 0) is 6.42 Å². The first-order valence-corrected chi connectivity index (χ1v) is 10.3. The second-order valence-corrected chi connectivity index (χ2v) is 7.64. The number of anilines is 2. The molecule has 1 fully saturated rings. The van der Waals surface area contributed by atoms with E-state index in [0.717, 1.165) is 28.9 Å². The van der Waals surface area contributed by atoms with Gasteiger partial charge in [0.2, 0.25) is 5.95 Å². The lowest BCUT2D eigenvalue weighted by atomic mass is 10.1. The summed E-state index contributed by atoms with van der Waals surface area (Å²) in [5.41, 5.74) is 5.23. The maximum atomic E-state index is 12.7.